The molecule has 1 heterocycles. The van der Waals surface area contributed by atoms with Gasteiger partial charge in [0.15, 0.2) is 0 Å². The predicted octanol–water partition coefficient (Wildman–Crippen LogP) is 4.32. The number of hydrogen-bond donors (Lipinski definition) is 1. The third-order valence-corrected chi connectivity index (χ3v) is 4.59. The van der Waals surface area contributed by atoms with Crippen LogP contribution in [-0.2, 0) is 5.54 Å². The summed E-state index contributed by atoms with van der Waals surface area (Å²) in [4.78, 5) is 0. The number of rotatable bonds is 2. The van der Waals surface area contributed by atoms with E-state index >= 15 is 0 Å². The van der Waals surface area contributed by atoms with Crippen LogP contribution in [0.4, 0.5) is 0 Å². The van der Waals surface area contributed by atoms with Crippen LogP contribution in [0.2, 0.25) is 0 Å². The van der Waals surface area contributed by atoms with Gasteiger partial charge in [-0.3, -0.25) is 0 Å². The second kappa shape index (κ2) is 3.86. The van der Waals surface area contributed by atoms with Crippen molar-refractivity contribution in [2.24, 2.45) is 5.73 Å². The molecule has 3 aromatic rings. The number of hydrogen-bond acceptors (Lipinski definition) is 1. The highest BCUT2D eigenvalue weighted by atomic mass is 15.0. The smallest absolute Gasteiger partial charge is 0.0494 e. The molecule has 2 aromatic carbocycles. The first kappa shape index (κ1) is 12.0. The van der Waals surface area contributed by atoms with Crippen molar-refractivity contribution < 1.29 is 0 Å². The standard InChI is InChI=1S/C18H20N2/c1-12(2)20-16-6-4-3-5-14(16)15-11-13(7-8-17(15)20)18(19)9-10-18/h3-8,11-12H,9-10,19H2,1-2H3. The third-order valence-electron chi connectivity index (χ3n) is 4.59. The molecule has 1 fully saturated rings. The fourth-order valence-corrected chi connectivity index (χ4v) is 3.29. The Kier molecular flexibility index (Phi) is 2.31. The molecular formula is C18H20N2. The van der Waals surface area contributed by atoms with E-state index in [1.54, 1.807) is 0 Å². The lowest BCUT2D eigenvalue weighted by Crippen LogP contribution is -2.18. The second-order valence-electron chi connectivity index (χ2n) is 6.37. The van der Waals surface area contributed by atoms with Gasteiger partial charge >= 0.3 is 0 Å². The summed E-state index contributed by atoms with van der Waals surface area (Å²) in [5, 5.41) is 2.67. The summed E-state index contributed by atoms with van der Waals surface area (Å²) >= 11 is 0. The molecule has 0 aliphatic heterocycles. The summed E-state index contributed by atoms with van der Waals surface area (Å²) in [6.45, 7) is 4.48. The maximum Gasteiger partial charge on any atom is 0.0494 e. The normalized spacial score (nSPS) is 17.2. The molecular weight excluding hydrogens is 244 g/mol. The van der Waals surface area contributed by atoms with E-state index in [4.69, 9.17) is 5.73 Å². The van der Waals surface area contributed by atoms with E-state index in [-0.39, 0.29) is 5.54 Å². The number of benzene rings is 2. The molecule has 20 heavy (non-hydrogen) atoms. The first-order valence-corrected chi connectivity index (χ1v) is 7.42. The van der Waals surface area contributed by atoms with Crippen molar-refractivity contribution in [1.82, 2.24) is 4.57 Å². The maximum absolute atomic E-state index is 6.36. The molecule has 102 valence electrons. The minimum Gasteiger partial charge on any atom is -0.338 e. The molecule has 2 N–H and O–H groups in total. The van der Waals surface area contributed by atoms with Gasteiger partial charge < -0.3 is 10.3 Å². The van der Waals surface area contributed by atoms with E-state index in [9.17, 15) is 0 Å². The maximum atomic E-state index is 6.36. The van der Waals surface area contributed by atoms with E-state index in [1.165, 1.54) is 27.4 Å². The van der Waals surface area contributed by atoms with Gasteiger partial charge in [-0.2, -0.15) is 0 Å². The SMILES string of the molecule is CC(C)n1c2ccccc2c2cc(C3(N)CC3)ccc21. The Bertz CT molecular complexity index is 807. The first-order valence-electron chi connectivity index (χ1n) is 7.42. The lowest BCUT2D eigenvalue weighted by molar-refractivity contribution is 0.642. The Balaban J connectivity index is 2.10. The molecule has 1 aliphatic rings. The molecule has 1 aliphatic carbocycles. The molecule has 0 radical (unpaired) electrons. The van der Waals surface area contributed by atoms with Crippen molar-refractivity contribution in [3.8, 4) is 0 Å². The predicted molar refractivity (Wildman–Crippen MR) is 84.9 cm³/mol. The summed E-state index contributed by atoms with van der Waals surface area (Å²) in [6, 6.07) is 15.9. The molecule has 0 unspecified atom stereocenters. The fourth-order valence-electron chi connectivity index (χ4n) is 3.29. The second-order valence-corrected chi connectivity index (χ2v) is 6.37. The van der Waals surface area contributed by atoms with Crippen LogP contribution in [0.25, 0.3) is 21.8 Å². The lowest BCUT2D eigenvalue weighted by Gasteiger charge is -2.13. The summed E-state index contributed by atoms with van der Waals surface area (Å²) in [7, 11) is 0. The monoisotopic (exact) mass is 264 g/mol. The Labute approximate surface area is 119 Å². The number of fused-ring (bicyclic) bond motifs is 3. The Morgan fingerprint density at radius 1 is 1.00 bits per heavy atom. The molecule has 0 amide bonds. The number of nitrogens with zero attached hydrogens (tertiary/aromatic N) is 1. The zero-order chi connectivity index (χ0) is 13.9. The molecule has 4 rings (SSSR count). The van der Waals surface area contributed by atoms with Crippen LogP contribution < -0.4 is 5.73 Å². The van der Waals surface area contributed by atoms with Crippen LogP contribution in [0.5, 0.6) is 0 Å². The highest BCUT2D eigenvalue weighted by Gasteiger charge is 2.40. The van der Waals surface area contributed by atoms with Gasteiger partial charge in [-0.15, -0.1) is 0 Å². The molecule has 0 bridgehead atoms. The van der Waals surface area contributed by atoms with Gasteiger partial charge in [0.05, 0.1) is 0 Å². The van der Waals surface area contributed by atoms with Crippen molar-refractivity contribution in [1.29, 1.82) is 0 Å². The summed E-state index contributed by atoms with van der Waals surface area (Å²) in [5.41, 5.74) is 10.2. The molecule has 0 saturated heterocycles. The number of para-hydroxylation sites is 1. The van der Waals surface area contributed by atoms with Gasteiger partial charge in [-0.1, -0.05) is 24.3 Å². The van der Waals surface area contributed by atoms with Gasteiger partial charge in [0.25, 0.3) is 0 Å². The summed E-state index contributed by atoms with van der Waals surface area (Å²) < 4.78 is 2.42. The van der Waals surface area contributed by atoms with Crippen LogP contribution in [-0.4, -0.2) is 4.57 Å². The summed E-state index contributed by atoms with van der Waals surface area (Å²) in [5.74, 6) is 0. The van der Waals surface area contributed by atoms with Gasteiger partial charge in [0.2, 0.25) is 0 Å². The average Bonchev–Trinajstić information content (AvgIpc) is 3.10. The third kappa shape index (κ3) is 1.55. The van der Waals surface area contributed by atoms with Crippen molar-refractivity contribution in [2.45, 2.75) is 38.3 Å². The Morgan fingerprint density at radius 2 is 1.70 bits per heavy atom. The van der Waals surface area contributed by atoms with E-state index in [1.807, 2.05) is 0 Å². The van der Waals surface area contributed by atoms with Crippen LogP contribution >= 0.6 is 0 Å². The van der Waals surface area contributed by atoms with E-state index in [0.717, 1.165) is 12.8 Å². The quantitative estimate of drug-likeness (QED) is 0.734. The van der Waals surface area contributed by atoms with Crippen LogP contribution in [0.1, 0.15) is 38.3 Å². The van der Waals surface area contributed by atoms with Crippen molar-refractivity contribution >= 4 is 21.8 Å². The fraction of sp³-hybridized carbons (Fsp3) is 0.333. The average molecular weight is 264 g/mol. The zero-order valence-electron chi connectivity index (χ0n) is 12.1. The van der Waals surface area contributed by atoms with Gasteiger partial charge in [-0.05, 0) is 50.5 Å². The topological polar surface area (TPSA) is 30.9 Å². The Hall–Kier alpha value is -1.80. The highest BCUT2D eigenvalue weighted by molar-refractivity contribution is 6.08. The minimum absolute atomic E-state index is 0.0603. The Morgan fingerprint density at radius 3 is 2.40 bits per heavy atom. The van der Waals surface area contributed by atoms with Crippen LogP contribution in [0.3, 0.4) is 0 Å². The number of aromatic nitrogens is 1. The molecule has 1 saturated carbocycles. The first-order chi connectivity index (χ1) is 9.60. The van der Waals surface area contributed by atoms with E-state index < -0.39 is 0 Å². The largest absolute Gasteiger partial charge is 0.338 e. The summed E-state index contributed by atoms with van der Waals surface area (Å²) in [6.07, 6.45) is 2.22. The zero-order valence-corrected chi connectivity index (χ0v) is 12.1. The van der Waals surface area contributed by atoms with Gasteiger partial charge in [0.1, 0.15) is 0 Å². The van der Waals surface area contributed by atoms with Crippen LogP contribution in [0.15, 0.2) is 42.5 Å². The molecule has 0 spiro atoms. The van der Waals surface area contributed by atoms with Crippen molar-refractivity contribution in [3.63, 3.8) is 0 Å². The number of nitrogens with two attached hydrogens (primary N) is 1. The van der Waals surface area contributed by atoms with Gasteiger partial charge in [-0.25, -0.2) is 0 Å². The van der Waals surface area contributed by atoms with Gasteiger partial charge in [0, 0.05) is 33.4 Å². The van der Waals surface area contributed by atoms with E-state index in [0.29, 0.717) is 6.04 Å². The lowest BCUT2D eigenvalue weighted by atomic mass is 10.0. The van der Waals surface area contributed by atoms with Crippen molar-refractivity contribution in [2.75, 3.05) is 0 Å². The highest BCUT2D eigenvalue weighted by Crippen LogP contribution is 2.44. The molecule has 2 heteroatoms. The molecule has 2 nitrogen and oxygen atoms in total. The molecule has 0 atom stereocenters. The molecule has 1 aromatic heterocycles. The van der Waals surface area contributed by atoms with Crippen LogP contribution in [0, 0.1) is 0 Å². The minimum atomic E-state index is -0.0603. The van der Waals surface area contributed by atoms with E-state index in [2.05, 4.69) is 60.9 Å². The van der Waals surface area contributed by atoms with Crippen molar-refractivity contribution in [3.05, 3.63) is 48.0 Å².